The number of ether oxygens (including phenoxy) is 2. The van der Waals surface area contributed by atoms with Gasteiger partial charge < -0.3 is 14.8 Å². The highest BCUT2D eigenvalue weighted by Crippen LogP contribution is 2.31. The first kappa shape index (κ1) is 31.1. The van der Waals surface area contributed by atoms with E-state index in [4.69, 9.17) is 33.3 Å². The van der Waals surface area contributed by atoms with Gasteiger partial charge in [-0.1, -0.05) is 102 Å². The third-order valence-corrected chi connectivity index (χ3v) is 6.82. The van der Waals surface area contributed by atoms with Crippen LogP contribution in [0.1, 0.15) is 110 Å². The van der Waals surface area contributed by atoms with E-state index in [2.05, 4.69) is 12.2 Å². The number of nitrogens with zero attached hydrogens (tertiary/aromatic N) is 1. The lowest BCUT2D eigenvalue weighted by atomic mass is 10.0. The molecule has 0 spiro atoms. The highest BCUT2D eigenvalue weighted by Gasteiger charge is 2.35. The van der Waals surface area contributed by atoms with Gasteiger partial charge >= 0.3 is 5.91 Å². The SMILES string of the molecule is CCCCCCCCCCCCCCCCC(=O)Nc1cc(Cl)cc(N2C(=O)/C(=C\OCC)OC2=S)c1. The zero-order valence-electron chi connectivity index (χ0n) is 22.5. The van der Waals surface area contributed by atoms with Crippen LogP contribution in [0.25, 0.3) is 0 Å². The van der Waals surface area contributed by atoms with E-state index in [1.54, 1.807) is 25.1 Å². The monoisotopic (exact) mass is 550 g/mol. The molecule has 1 heterocycles. The highest BCUT2D eigenvalue weighted by molar-refractivity contribution is 7.80. The summed E-state index contributed by atoms with van der Waals surface area (Å²) in [5.41, 5.74) is 0.935. The quantitative estimate of drug-likeness (QED) is 0.0807. The van der Waals surface area contributed by atoms with Gasteiger partial charge in [-0.05, 0) is 43.8 Å². The maximum absolute atomic E-state index is 12.7. The van der Waals surface area contributed by atoms with Crippen LogP contribution in [-0.4, -0.2) is 23.6 Å². The van der Waals surface area contributed by atoms with Gasteiger partial charge in [-0.2, -0.15) is 0 Å². The summed E-state index contributed by atoms with van der Waals surface area (Å²) in [6, 6.07) is 4.91. The largest absolute Gasteiger partial charge is 0.497 e. The van der Waals surface area contributed by atoms with Crippen molar-refractivity contribution in [3.8, 4) is 0 Å². The van der Waals surface area contributed by atoms with E-state index in [1.165, 1.54) is 81.8 Å². The van der Waals surface area contributed by atoms with Gasteiger partial charge in [0.2, 0.25) is 11.7 Å². The summed E-state index contributed by atoms with van der Waals surface area (Å²) in [4.78, 5) is 26.4. The lowest BCUT2D eigenvalue weighted by molar-refractivity contribution is -0.116. The van der Waals surface area contributed by atoms with Crippen LogP contribution in [0.2, 0.25) is 5.02 Å². The van der Waals surface area contributed by atoms with E-state index >= 15 is 0 Å². The molecule has 6 nitrogen and oxygen atoms in total. The Labute approximate surface area is 233 Å². The lowest BCUT2D eigenvalue weighted by Gasteiger charge is -2.15. The third-order valence-electron chi connectivity index (χ3n) is 6.33. The van der Waals surface area contributed by atoms with E-state index in [-0.39, 0.29) is 16.8 Å². The van der Waals surface area contributed by atoms with Crippen LogP contribution in [0, 0.1) is 0 Å². The predicted octanol–water partition coefficient (Wildman–Crippen LogP) is 8.68. The summed E-state index contributed by atoms with van der Waals surface area (Å²) >= 11 is 11.5. The molecule has 0 atom stereocenters. The Kier molecular flexibility index (Phi) is 15.3. The summed E-state index contributed by atoms with van der Waals surface area (Å²) in [5.74, 6) is -0.508. The average molecular weight is 551 g/mol. The number of carbonyl (C=O) groups excluding carboxylic acids is 2. The molecule has 0 aromatic heterocycles. The van der Waals surface area contributed by atoms with Gasteiger partial charge in [-0.15, -0.1) is 0 Å². The number of amides is 2. The van der Waals surface area contributed by atoms with Crippen molar-refractivity contribution in [1.29, 1.82) is 0 Å². The second-order valence-electron chi connectivity index (χ2n) is 9.54. The van der Waals surface area contributed by atoms with E-state index in [0.29, 0.717) is 29.4 Å². The first-order valence-electron chi connectivity index (χ1n) is 13.9. The van der Waals surface area contributed by atoms with Crippen molar-refractivity contribution in [2.45, 2.75) is 110 Å². The standard InChI is InChI=1S/C29H43ClN2O4S/c1-3-5-6-7-8-9-10-11-12-13-14-15-16-17-18-27(33)31-24-19-23(30)20-25(21-24)32-28(34)26(22-35-4-2)36-29(32)37/h19-22H,3-18H2,1-2H3,(H,31,33)/b26-22+. The summed E-state index contributed by atoms with van der Waals surface area (Å²) in [6.07, 6.45) is 19.6. The van der Waals surface area contributed by atoms with Gasteiger partial charge in [0.05, 0.1) is 12.3 Å². The number of carbonyl (C=O) groups is 2. The van der Waals surface area contributed by atoms with Crippen molar-refractivity contribution in [3.05, 3.63) is 35.2 Å². The number of hydrogen-bond acceptors (Lipinski definition) is 5. The molecule has 1 aromatic rings. The van der Waals surface area contributed by atoms with Gasteiger partial charge in [0.25, 0.3) is 5.17 Å². The number of rotatable bonds is 19. The molecule has 1 saturated heterocycles. The van der Waals surface area contributed by atoms with E-state index < -0.39 is 5.91 Å². The Bertz CT molecular complexity index is 906. The van der Waals surface area contributed by atoms with E-state index in [9.17, 15) is 9.59 Å². The zero-order chi connectivity index (χ0) is 26.9. The summed E-state index contributed by atoms with van der Waals surface area (Å²) in [6.45, 7) is 4.47. The molecule has 0 aliphatic carbocycles. The Hall–Kier alpha value is -2.12. The van der Waals surface area contributed by atoms with Crippen LogP contribution in [0.15, 0.2) is 30.2 Å². The molecule has 0 saturated carbocycles. The molecule has 0 bridgehead atoms. The van der Waals surface area contributed by atoms with Crippen LogP contribution in [0.3, 0.4) is 0 Å². The smallest absolute Gasteiger partial charge is 0.304 e. The number of thiocarbonyl (C=S) groups is 1. The van der Waals surface area contributed by atoms with Gasteiger partial charge in [0.1, 0.15) is 6.26 Å². The van der Waals surface area contributed by atoms with Gasteiger partial charge in [0, 0.05) is 17.1 Å². The fraction of sp³-hybridized carbons (Fsp3) is 0.621. The minimum Gasteiger partial charge on any atom is -0.497 e. The van der Waals surface area contributed by atoms with Crippen LogP contribution in [0.5, 0.6) is 0 Å². The first-order valence-corrected chi connectivity index (χ1v) is 14.7. The Morgan fingerprint density at radius 3 is 2.08 bits per heavy atom. The normalized spacial score (nSPS) is 14.4. The molecule has 2 amide bonds. The first-order chi connectivity index (χ1) is 18.0. The molecule has 0 radical (unpaired) electrons. The minimum atomic E-state index is -0.444. The Morgan fingerprint density at radius 2 is 1.51 bits per heavy atom. The molecule has 1 fully saturated rings. The van der Waals surface area contributed by atoms with E-state index in [1.807, 2.05) is 0 Å². The molecule has 0 unspecified atom stereocenters. The third kappa shape index (κ3) is 11.9. The number of anilines is 2. The van der Waals surface area contributed by atoms with Crippen molar-refractivity contribution in [1.82, 2.24) is 0 Å². The Balaban J connectivity index is 1.64. The minimum absolute atomic E-state index is 0.00946. The van der Waals surface area contributed by atoms with Crippen molar-refractivity contribution < 1.29 is 19.1 Å². The fourth-order valence-electron chi connectivity index (χ4n) is 4.31. The van der Waals surface area contributed by atoms with Crippen LogP contribution >= 0.6 is 23.8 Å². The maximum atomic E-state index is 12.7. The highest BCUT2D eigenvalue weighted by atomic mass is 35.5. The molecule has 8 heteroatoms. The molecular weight excluding hydrogens is 508 g/mol. The van der Waals surface area contributed by atoms with Crippen molar-refractivity contribution >= 4 is 52.2 Å². The molecule has 1 aromatic carbocycles. The summed E-state index contributed by atoms with van der Waals surface area (Å²) in [5, 5.41) is 3.24. The second kappa shape index (κ2) is 18.2. The molecule has 37 heavy (non-hydrogen) atoms. The molecule has 2 rings (SSSR count). The number of benzene rings is 1. The summed E-state index contributed by atoms with van der Waals surface area (Å²) < 4.78 is 10.5. The van der Waals surface area contributed by atoms with Gasteiger partial charge in [0.15, 0.2) is 0 Å². The van der Waals surface area contributed by atoms with Gasteiger partial charge in [-0.3, -0.25) is 9.59 Å². The molecule has 1 aliphatic rings. The molecule has 206 valence electrons. The molecule has 1 N–H and O–H groups in total. The fourth-order valence-corrected chi connectivity index (χ4v) is 4.82. The lowest BCUT2D eigenvalue weighted by Crippen LogP contribution is -2.28. The Morgan fingerprint density at radius 1 is 0.946 bits per heavy atom. The average Bonchev–Trinajstić information content (AvgIpc) is 3.15. The molecule has 1 aliphatic heterocycles. The molecular formula is C29H43ClN2O4S. The zero-order valence-corrected chi connectivity index (χ0v) is 24.1. The summed E-state index contributed by atoms with van der Waals surface area (Å²) in [7, 11) is 0. The number of nitrogens with one attached hydrogen (secondary N) is 1. The topological polar surface area (TPSA) is 67.9 Å². The van der Waals surface area contributed by atoms with Gasteiger partial charge in [-0.25, -0.2) is 4.90 Å². The van der Waals surface area contributed by atoms with Crippen molar-refractivity contribution in [2.24, 2.45) is 0 Å². The second-order valence-corrected chi connectivity index (χ2v) is 10.3. The van der Waals surface area contributed by atoms with E-state index in [0.717, 1.165) is 19.3 Å². The van der Waals surface area contributed by atoms with Crippen molar-refractivity contribution in [3.63, 3.8) is 0 Å². The van der Waals surface area contributed by atoms with Crippen LogP contribution in [0.4, 0.5) is 11.4 Å². The van der Waals surface area contributed by atoms with Crippen molar-refractivity contribution in [2.75, 3.05) is 16.8 Å². The number of halogens is 1. The van der Waals surface area contributed by atoms with Crippen LogP contribution < -0.4 is 10.2 Å². The maximum Gasteiger partial charge on any atom is 0.304 e. The number of hydrogen-bond donors (Lipinski definition) is 1. The predicted molar refractivity (Wildman–Crippen MR) is 156 cm³/mol. The van der Waals surface area contributed by atoms with Crippen LogP contribution in [-0.2, 0) is 19.1 Å². The number of unbranched alkanes of at least 4 members (excludes halogenated alkanes) is 13.